The first kappa shape index (κ1) is 10.3. The van der Waals surface area contributed by atoms with Crippen molar-refractivity contribution in [1.82, 2.24) is 4.98 Å². The van der Waals surface area contributed by atoms with Crippen LogP contribution in [-0.2, 0) is 0 Å². The third-order valence-electron chi connectivity index (χ3n) is 1.84. The van der Waals surface area contributed by atoms with Gasteiger partial charge in [0.25, 0.3) is 0 Å². The lowest BCUT2D eigenvalue weighted by molar-refractivity contribution is 0.0692. The number of aromatic nitrogens is 1. The minimum Gasteiger partial charge on any atom is -0.476 e. The number of carbonyl (C=O) groups is 1. The number of aromatic carboxylic acids is 1. The van der Waals surface area contributed by atoms with E-state index in [1.54, 1.807) is 0 Å². The smallest absolute Gasteiger partial charge is 0.356 e. The van der Waals surface area contributed by atoms with Gasteiger partial charge in [-0.25, -0.2) is 9.78 Å². The number of carboxylic acids is 1. The summed E-state index contributed by atoms with van der Waals surface area (Å²) in [5.41, 5.74) is 0.969. The predicted octanol–water partition coefficient (Wildman–Crippen LogP) is 3.27. The summed E-state index contributed by atoms with van der Waals surface area (Å²) < 4.78 is 0.582. The van der Waals surface area contributed by atoms with Crippen LogP contribution in [0.3, 0.4) is 0 Å². The molecule has 0 atom stereocenters. The quantitative estimate of drug-likeness (QED) is 0.920. The SMILES string of the molecule is O=C(O)c1nc(Br)sc1-c1ccccc1. The van der Waals surface area contributed by atoms with E-state index in [9.17, 15) is 4.79 Å². The zero-order valence-electron chi connectivity index (χ0n) is 7.48. The first-order valence-electron chi connectivity index (χ1n) is 4.13. The molecule has 1 aromatic carbocycles. The van der Waals surface area contributed by atoms with Crippen LogP contribution in [-0.4, -0.2) is 16.1 Å². The highest BCUT2D eigenvalue weighted by molar-refractivity contribution is 9.11. The molecule has 5 heteroatoms. The van der Waals surface area contributed by atoms with E-state index in [2.05, 4.69) is 20.9 Å². The van der Waals surface area contributed by atoms with Gasteiger partial charge in [0, 0.05) is 0 Å². The summed E-state index contributed by atoms with van der Waals surface area (Å²) >= 11 is 4.51. The molecule has 3 nitrogen and oxygen atoms in total. The summed E-state index contributed by atoms with van der Waals surface area (Å²) in [6.45, 7) is 0. The molecule has 0 fully saturated rings. The molecule has 1 N–H and O–H groups in total. The molecule has 2 rings (SSSR count). The van der Waals surface area contributed by atoms with Crippen molar-refractivity contribution in [2.75, 3.05) is 0 Å². The van der Waals surface area contributed by atoms with Gasteiger partial charge in [-0.05, 0) is 21.5 Å². The fraction of sp³-hybridized carbons (Fsp3) is 0. The maximum absolute atomic E-state index is 10.9. The minimum absolute atomic E-state index is 0.0954. The summed E-state index contributed by atoms with van der Waals surface area (Å²) in [6, 6.07) is 9.36. The lowest BCUT2D eigenvalue weighted by atomic mass is 10.1. The summed E-state index contributed by atoms with van der Waals surface area (Å²) in [6.07, 6.45) is 0. The highest BCUT2D eigenvalue weighted by Crippen LogP contribution is 2.32. The molecule has 0 radical (unpaired) electrons. The second-order valence-corrected chi connectivity index (χ2v) is 5.09. The first-order chi connectivity index (χ1) is 7.18. The van der Waals surface area contributed by atoms with Gasteiger partial charge in [-0.1, -0.05) is 30.3 Å². The summed E-state index contributed by atoms with van der Waals surface area (Å²) in [4.78, 5) is 15.5. The average Bonchev–Trinajstić information content (AvgIpc) is 2.62. The van der Waals surface area contributed by atoms with Gasteiger partial charge in [0.05, 0.1) is 4.88 Å². The van der Waals surface area contributed by atoms with Crippen molar-refractivity contribution in [2.45, 2.75) is 0 Å². The molecule has 0 saturated carbocycles. The molecule has 0 aliphatic rings. The Hall–Kier alpha value is -1.20. The van der Waals surface area contributed by atoms with Crippen molar-refractivity contribution in [2.24, 2.45) is 0 Å². The Morgan fingerprint density at radius 1 is 1.33 bits per heavy atom. The maximum atomic E-state index is 10.9. The van der Waals surface area contributed by atoms with Crippen molar-refractivity contribution in [3.05, 3.63) is 39.9 Å². The van der Waals surface area contributed by atoms with Crippen molar-refractivity contribution in [1.29, 1.82) is 0 Å². The standard InChI is InChI=1S/C10H6BrNO2S/c11-10-12-7(9(13)14)8(15-10)6-4-2-1-3-5-6/h1-5H,(H,13,14). The minimum atomic E-state index is -1.00. The normalized spacial score (nSPS) is 10.2. The summed E-state index contributed by atoms with van der Waals surface area (Å²) in [5.74, 6) is -1.00. The molecule has 15 heavy (non-hydrogen) atoms. The molecule has 0 amide bonds. The van der Waals surface area contributed by atoms with Crippen LogP contribution in [0, 0.1) is 0 Å². The van der Waals surface area contributed by atoms with Gasteiger partial charge < -0.3 is 5.11 Å². The topological polar surface area (TPSA) is 50.2 Å². The Kier molecular flexibility index (Phi) is 2.83. The van der Waals surface area contributed by atoms with Crippen molar-refractivity contribution in [3.63, 3.8) is 0 Å². The van der Waals surface area contributed by atoms with E-state index in [0.717, 1.165) is 5.56 Å². The Labute approximate surface area is 98.5 Å². The van der Waals surface area contributed by atoms with Crippen molar-refractivity contribution >= 4 is 33.2 Å². The summed E-state index contributed by atoms with van der Waals surface area (Å²) in [7, 11) is 0. The summed E-state index contributed by atoms with van der Waals surface area (Å²) in [5, 5.41) is 8.96. The van der Waals surface area contributed by atoms with E-state index >= 15 is 0 Å². The van der Waals surface area contributed by atoms with E-state index in [1.165, 1.54) is 11.3 Å². The number of hydrogen-bond donors (Lipinski definition) is 1. The highest BCUT2D eigenvalue weighted by atomic mass is 79.9. The van der Waals surface area contributed by atoms with Crippen LogP contribution in [0.2, 0.25) is 0 Å². The Balaban J connectivity index is 2.58. The largest absolute Gasteiger partial charge is 0.476 e. The van der Waals surface area contributed by atoms with Gasteiger partial charge >= 0.3 is 5.97 Å². The molecule has 0 bridgehead atoms. The predicted molar refractivity (Wildman–Crippen MR) is 62.2 cm³/mol. The lowest BCUT2D eigenvalue weighted by Gasteiger charge is -1.97. The van der Waals surface area contributed by atoms with E-state index in [-0.39, 0.29) is 5.69 Å². The van der Waals surface area contributed by atoms with E-state index in [4.69, 9.17) is 5.11 Å². The molecule has 0 aliphatic heterocycles. The monoisotopic (exact) mass is 283 g/mol. The van der Waals surface area contributed by atoms with Crippen LogP contribution < -0.4 is 0 Å². The third kappa shape index (κ3) is 2.08. The Morgan fingerprint density at radius 3 is 2.60 bits per heavy atom. The molecule has 2 aromatic rings. The molecular weight excluding hydrogens is 278 g/mol. The Bertz CT molecular complexity index is 495. The van der Waals surface area contributed by atoms with Crippen LogP contribution in [0.5, 0.6) is 0 Å². The molecule has 0 spiro atoms. The Morgan fingerprint density at radius 2 is 2.00 bits per heavy atom. The van der Waals surface area contributed by atoms with E-state index < -0.39 is 5.97 Å². The molecule has 0 saturated heterocycles. The number of carboxylic acid groups (broad SMARTS) is 1. The second-order valence-electron chi connectivity index (χ2n) is 2.82. The van der Waals surface area contributed by atoms with Crippen molar-refractivity contribution < 1.29 is 9.90 Å². The molecule has 1 aromatic heterocycles. The average molecular weight is 284 g/mol. The van der Waals surface area contributed by atoms with Gasteiger partial charge in [-0.2, -0.15) is 0 Å². The number of thiazole rings is 1. The third-order valence-corrected chi connectivity index (χ3v) is 3.40. The zero-order chi connectivity index (χ0) is 10.8. The van der Waals surface area contributed by atoms with Gasteiger partial charge in [-0.3, -0.25) is 0 Å². The number of rotatable bonds is 2. The van der Waals surface area contributed by atoms with Crippen LogP contribution in [0.4, 0.5) is 0 Å². The zero-order valence-corrected chi connectivity index (χ0v) is 9.88. The van der Waals surface area contributed by atoms with Crippen LogP contribution in [0.1, 0.15) is 10.5 Å². The van der Waals surface area contributed by atoms with Gasteiger partial charge in [0.15, 0.2) is 9.61 Å². The van der Waals surface area contributed by atoms with Crippen LogP contribution in [0.15, 0.2) is 34.2 Å². The van der Waals surface area contributed by atoms with Crippen LogP contribution >= 0.6 is 27.3 Å². The number of hydrogen-bond acceptors (Lipinski definition) is 3. The molecule has 0 unspecified atom stereocenters. The fourth-order valence-corrected chi connectivity index (χ4v) is 2.68. The molecule has 1 heterocycles. The van der Waals surface area contributed by atoms with Gasteiger partial charge in [0.1, 0.15) is 0 Å². The molecule has 0 aliphatic carbocycles. The fourth-order valence-electron chi connectivity index (χ4n) is 1.22. The van der Waals surface area contributed by atoms with Crippen LogP contribution in [0.25, 0.3) is 10.4 Å². The van der Waals surface area contributed by atoms with Gasteiger partial charge in [-0.15, -0.1) is 11.3 Å². The molecule has 76 valence electrons. The second kappa shape index (κ2) is 4.12. The molecular formula is C10H6BrNO2S. The van der Waals surface area contributed by atoms with Crippen molar-refractivity contribution in [3.8, 4) is 10.4 Å². The van der Waals surface area contributed by atoms with E-state index in [1.807, 2.05) is 30.3 Å². The number of benzene rings is 1. The van der Waals surface area contributed by atoms with Gasteiger partial charge in [0.2, 0.25) is 0 Å². The maximum Gasteiger partial charge on any atom is 0.356 e. The number of nitrogens with zero attached hydrogens (tertiary/aromatic N) is 1. The number of halogens is 1. The lowest BCUT2D eigenvalue weighted by Crippen LogP contribution is -1.98. The highest BCUT2D eigenvalue weighted by Gasteiger charge is 2.17. The first-order valence-corrected chi connectivity index (χ1v) is 5.74. The van der Waals surface area contributed by atoms with E-state index in [0.29, 0.717) is 8.79 Å².